The average Bonchev–Trinajstić information content (AvgIpc) is 2.18. The van der Waals surface area contributed by atoms with Crippen LogP contribution in [-0.4, -0.2) is 19.4 Å². The minimum absolute atomic E-state index is 0.254. The van der Waals surface area contributed by atoms with E-state index in [4.69, 9.17) is 11.6 Å². The number of para-hydroxylation sites is 1. The highest BCUT2D eigenvalue weighted by Gasteiger charge is 2.04. The van der Waals surface area contributed by atoms with Crippen LogP contribution in [0.1, 0.15) is 0 Å². The van der Waals surface area contributed by atoms with Crippen molar-refractivity contribution >= 4 is 23.4 Å². The number of anilines is 1. The number of halogens is 2. The van der Waals surface area contributed by atoms with E-state index in [1.165, 1.54) is 0 Å². The van der Waals surface area contributed by atoms with E-state index in [1.54, 1.807) is 24.3 Å². The summed E-state index contributed by atoms with van der Waals surface area (Å²) < 4.78 is 16.1. The number of nitrogens with one attached hydrogen (secondary N) is 1. The van der Waals surface area contributed by atoms with E-state index in [-0.39, 0.29) is 6.61 Å². The summed E-state index contributed by atoms with van der Waals surface area (Å²) in [4.78, 5) is 11.0. The van der Waals surface area contributed by atoms with Gasteiger partial charge in [-0.3, -0.25) is 5.32 Å². The number of carbonyl (C=O) groups is 1. The number of alkyl halides is 1. The van der Waals surface area contributed by atoms with E-state index >= 15 is 0 Å². The van der Waals surface area contributed by atoms with Gasteiger partial charge in [0.05, 0.1) is 10.7 Å². The number of rotatable bonds is 3. The Morgan fingerprint density at radius 3 is 2.86 bits per heavy atom. The van der Waals surface area contributed by atoms with Crippen molar-refractivity contribution in [1.82, 2.24) is 0 Å². The second kappa shape index (κ2) is 5.44. The molecule has 5 heteroatoms. The number of ether oxygens (including phenoxy) is 1. The smallest absolute Gasteiger partial charge is 0.411 e. The second-order valence-corrected chi connectivity index (χ2v) is 2.84. The van der Waals surface area contributed by atoms with Gasteiger partial charge in [0, 0.05) is 0 Å². The van der Waals surface area contributed by atoms with E-state index in [9.17, 15) is 9.18 Å². The average molecular weight is 218 g/mol. The Balaban J connectivity index is 2.52. The van der Waals surface area contributed by atoms with E-state index in [0.29, 0.717) is 10.7 Å². The molecule has 0 bridgehead atoms. The second-order valence-electron chi connectivity index (χ2n) is 2.43. The van der Waals surface area contributed by atoms with E-state index in [0.717, 1.165) is 0 Å². The third-order valence-corrected chi connectivity index (χ3v) is 1.75. The molecule has 0 radical (unpaired) electrons. The number of hydrogen-bond acceptors (Lipinski definition) is 2. The predicted octanol–water partition coefficient (Wildman–Crippen LogP) is 2.86. The van der Waals surface area contributed by atoms with Crippen LogP contribution in [-0.2, 0) is 4.74 Å². The lowest BCUT2D eigenvalue weighted by Crippen LogP contribution is -2.15. The van der Waals surface area contributed by atoms with Crippen LogP contribution in [0.15, 0.2) is 24.3 Å². The zero-order valence-corrected chi connectivity index (χ0v) is 8.05. The third-order valence-electron chi connectivity index (χ3n) is 1.42. The molecule has 1 rings (SSSR count). The molecule has 0 aliphatic rings. The molecule has 1 amide bonds. The van der Waals surface area contributed by atoms with Crippen molar-refractivity contribution in [2.24, 2.45) is 0 Å². The zero-order chi connectivity index (χ0) is 10.4. The number of hydrogen-bond donors (Lipinski definition) is 1. The van der Waals surface area contributed by atoms with Crippen LogP contribution in [0.5, 0.6) is 0 Å². The van der Waals surface area contributed by atoms with Gasteiger partial charge in [-0.2, -0.15) is 0 Å². The van der Waals surface area contributed by atoms with Crippen molar-refractivity contribution < 1.29 is 13.9 Å². The summed E-state index contributed by atoms with van der Waals surface area (Å²) in [6, 6.07) is 6.71. The van der Waals surface area contributed by atoms with Crippen LogP contribution in [0.25, 0.3) is 0 Å². The summed E-state index contributed by atoms with van der Waals surface area (Å²) >= 11 is 5.76. The van der Waals surface area contributed by atoms with Crippen molar-refractivity contribution in [3.8, 4) is 0 Å². The normalized spacial score (nSPS) is 9.57. The minimum Gasteiger partial charge on any atom is -0.447 e. The SMILES string of the molecule is O=C(Nc1ccccc1Cl)OCCF. The van der Waals surface area contributed by atoms with Crippen LogP contribution >= 0.6 is 11.6 Å². The Bertz CT molecular complexity index is 319. The maximum atomic E-state index is 11.6. The van der Waals surface area contributed by atoms with Crippen molar-refractivity contribution in [1.29, 1.82) is 0 Å². The first-order valence-corrected chi connectivity index (χ1v) is 4.36. The Morgan fingerprint density at radius 1 is 1.50 bits per heavy atom. The molecule has 1 N–H and O–H groups in total. The lowest BCUT2D eigenvalue weighted by Gasteiger charge is -2.06. The molecule has 0 aromatic heterocycles. The molecular weight excluding hydrogens is 209 g/mol. The quantitative estimate of drug-likeness (QED) is 0.846. The largest absolute Gasteiger partial charge is 0.447 e. The first kappa shape index (κ1) is 10.8. The van der Waals surface area contributed by atoms with Gasteiger partial charge in [0.2, 0.25) is 0 Å². The lowest BCUT2D eigenvalue weighted by atomic mass is 10.3. The summed E-state index contributed by atoms with van der Waals surface area (Å²) in [6.07, 6.45) is -0.712. The molecule has 0 saturated carbocycles. The van der Waals surface area contributed by atoms with Crippen LogP contribution in [0.3, 0.4) is 0 Å². The van der Waals surface area contributed by atoms with Crippen LogP contribution < -0.4 is 5.32 Å². The Morgan fingerprint density at radius 2 is 2.21 bits per heavy atom. The summed E-state index contributed by atoms with van der Waals surface area (Å²) in [5, 5.41) is 2.79. The summed E-state index contributed by atoms with van der Waals surface area (Å²) in [5.74, 6) is 0. The van der Waals surface area contributed by atoms with Crippen molar-refractivity contribution in [2.45, 2.75) is 0 Å². The van der Waals surface area contributed by atoms with Gasteiger partial charge in [0.1, 0.15) is 13.3 Å². The molecule has 76 valence electrons. The molecule has 3 nitrogen and oxygen atoms in total. The molecule has 0 atom stereocenters. The molecule has 0 saturated heterocycles. The van der Waals surface area contributed by atoms with Gasteiger partial charge >= 0.3 is 6.09 Å². The van der Waals surface area contributed by atoms with Gasteiger partial charge < -0.3 is 4.74 Å². The first-order valence-electron chi connectivity index (χ1n) is 3.98. The fourth-order valence-corrected chi connectivity index (χ4v) is 1.02. The molecule has 0 spiro atoms. The molecule has 0 aliphatic carbocycles. The Labute approximate surface area is 85.8 Å². The number of amides is 1. The number of benzene rings is 1. The van der Waals surface area contributed by atoms with E-state index < -0.39 is 12.8 Å². The molecule has 1 aromatic carbocycles. The molecule has 0 aliphatic heterocycles. The van der Waals surface area contributed by atoms with Crippen molar-refractivity contribution in [3.63, 3.8) is 0 Å². The fraction of sp³-hybridized carbons (Fsp3) is 0.222. The molecule has 0 unspecified atom stereocenters. The summed E-state index contributed by atoms with van der Waals surface area (Å²) in [7, 11) is 0. The van der Waals surface area contributed by atoms with Crippen LogP contribution in [0.2, 0.25) is 5.02 Å². The monoisotopic (exact) mass is 217 g/mol. The maximum Gasteiger partial charge on any atom is 0.411 e. The highest BCUT2D eigenvalue weighted by Crippen LogP contribution is 2.20. The summed E-state index contributed by atoms with van der Waals surface area (Å²) in [6.45, 7) is -0.952. The van der Waals surface area contributed by atoms with E-state index in [1.807, 2.05) is 0 Å². The number of carbonyl (C=O) groups excluding carboxylic acids is 1. The van der Waals surface area contributed by atoms with Gasteiger partial charge in [-0.05, 0) is 12.1 Å². The molecule has 0 fully saturated rings. The van der Waals surface area contributed by atoms with Gasteiger partial charge in [0.25, 0.3) is 0 Å². The van der Waals surface area contributed by atoms with Gasteiger partial charge in [0.15, 0.2) is 0 Å². The van der Waals surface area contributed by atoms with Crippen LogP contribution in [0, 0.1) is 0 Å². The minimum atomic E-state index is -0.712. The van der Waals surface area contributed by atoms with Gasteiger partial charge in [-0.15, -0.1) is 0 Å². The van der Waals surface area contributed by atoms with Crippen LogP contribution in [0.4, 0.5) is 14.9 Å². The summed E-state index contributed by atoms with van der Waals surface area (Å²) in [5.41, 5.74) is 0.443. The maximum absolute atomic E-state index is 11.6. The molecule has 1 aromatic rings. The predicted molar refractivity (Wildman–Crippen MR) is 52.4 cm³/mol. The molecule has 14 heavy (non-hydrogen) atoms. The van der Waals surface area contributed by atoms with Gasteiger partial charge in [-0.25, -0.2) is 9.18 Å². The highest BCUT2D eigenvalue weighted by atomic mass is 35.5. The fourth-order valence-electron chi connectivity index (χ4n) is 0.840. The zero-order valence-electron chi connectivity index (χ0n) is 7.30. The molecular formula is C9H9ClFNO2. The van der Waals surface area contributed by atoms with Gasteiger partial charge in [-0.1, -0.05) is 23.7 Å². The molecule has 0 heterocycles. The third kappa shape index (κ3) is 3.22. The highest BCUT2D eigenvalue weighted by molar-refractivity contribution is 6.33. The first-order chi connectivity index (χ1) is 6.74. The topological polar surface area (TPSA) is 38.3 Å². The Kier molecular flexibility index (Phi) is 4.19. The Hall–Kier alpha value is -1.29. The lowest BCUT2D eigenvalue weighted by molar-refractivity contribution is 0.152. The van der Waals surface area contributed by atoms with Crippen molar-refractivity contribution in [3.05, 3.63) is 29.3 Å². The van der Waals surface area contributed by atoms with E-state index in [2.05, 4.69) is 10.1 Å². The standard InChI is InChI=1S/C9H9ClFNO2/c10-7-3-1-2-4-8(7)12-9(13)14-6-5-11/h1-4H,5-6H2,(H,12,13). The van der Waals surface area contributed by atoms with Crippen molar-refractivity contribution in [2.75, 3.05) is 18.6 Å².